The van der Waals surface area contributed by atoms with E-state index in [-0.39, 0.29) is 0 Å². The molecule has 0 saturated carbocycles. The fourth-order valence-electron chi connectivity index (χ4n) is 3.50. The number of anilines is 2. The zero-order valence-corrected chi connectivity index (χ0v) is 19.9. The molecule has 0 fully saturated rings. The van der Waals surface area contributed by atoms with E-state index in [4.69, 9.17) is 10.7 Å². The third-order valence-electron chi connectivity index (χ3n) is 5.14. The van der Waals surface area contributed by atoms with E-state index < -0.39 is 0 Å². The minimum Gasteiger partial charge on any atom is -0.383 e. The molecular formula is C23H27BrN8. The van der Waals surface area contributed by atoms with Crippen molar-refractivity contribution in [2.45, 2.75) is 12.8 Å². The molecule has 0 spiro atoms. The molecule has 0 radical (unpaired) electrons. The summed E-state index contributed by atoms with van der Waals surface area (Å²) >= 11 is 3.64. The molecule has 32 heavy (non-hydrogen) atoms. The highest BCUT2D eigenvalue weighted by Gasteiger charge is 2.23. The Labute approximate surface area is 196 Å². The van der Waals surface area contributed by atoms with E-state index in [0.29, 0.717) is 24.6 Å². The van der Waals surface area contributed by atoms with Gasteiger partial charge < -0.3 is 15.6 Å². The number of hydrogen-bond donors (Lipinski definition) is 1. The number of fused-ring (bicyclic) bond motifs is 1. The van der Waals surface area contributed by atoms with E-state index in [9.17, 15) is 0 Å². The van der Waals surface area contributed by atoms with Crippen LogP contribution in [0.25, 0.3) is 11.2 Å². The smallest absolute Gasteiger partial charge is 0.167 e. The van der Waals surface area contributed by atoms with Crippen molar-refractivity contribution in [1.29, 1.82) is 0 Å². The van der Waals surface area contributed by atoms with Gasteiger partial charge in [-0.3, -0.25) is 4.99 Å². The van der Waals surface area contributed by atoms with E-state index in [1.807, 2.05) is 32.7 Å². The van der Waals surface area contributed by atoms with Crippen LogP contribution in [0.3, 0.4) is 0 Å². The Morgan fingerprint density at radius 2 is 1.97 bits per heavy atom. The lowest BCUT2D eigenvalue weighted by Gasteiger charge is -2.20. The molecule has 2 aliphatic rings. The van der Waals surface area contributed by atoms with Gasteiger partial charge in [0.25, 0.3) is 0 Å². The molecule has 2 N–H and O–H groups in total. The number of nitrogen functional groups attached to an aromatic ring is 1. The van der Waals surface area contributed by atoms with E-state index in [0.717, 1.165) is 46.4 Å². The Morgan fingerprint density at radius 1 is 1.16 bits per heavy atom. The van der Waals surface area contributed by atoms with Gasteiger partial charge in [0, 0.05) is 44.5 Å². The van der Waals surface area contributed by atoms with Crippen LogP contribution in [-0.4, -0.2) is 65.8 Å². The van der Waals surface area contributed by atoms with Gasteiger partial charge in [0.15, 0.2) is 5.65 Å². The van der Waals surface area contributed by atoms with Crippen LogP contribution < -0.4 is 10.6 Å². The quantitative estimate of drug-likeness (QED) is 0.397. The number of hydrogen-bond acceptors (Lipinski definition) is 7. The normalized spacial score (nSPS) is 20.8. The number of nitrogens with two attached hydrogens (primary N) is 1. The van der Waals surface area contributed by atoms with Crippen LogP contribution >= 0.6 is 15.9 Å². The van der Waals surface area contributed by atoms with Crippen molar-refractivity contribution in [3.8, 4) is 0 Å². The molecule has 0 unspecified atom stereocenters. The number of allylic oxidation sites excluding steroid dienone is 5. The van der Waals surface area contributed by atoms with Gasteiger partial charge in [0.05, 0.1) is 19.0 Å². The van der Waals surface area contributed by atoms with Crippen molar-refractivity contribution in [2.24, 2.45) is 10.1 Å². The molecule has 2 aliphatic heterocycles. The number of nitrogens with zero attached hydrogens (tertiary/aromatic N) is 7. The average molecular weight is 495 g/mol. The Kier molecular flexibility index (Phi) is 6.84. The van der Waals surface area contributed by atoms with Gasteiger partial charge in [-0.1, -0.05) is 36.5 Å². The van der Waals surface area contributed by atoms with Crippen LogP contribution in [0, 0.1) is 0 Å². The second kappa shape index (κ2) is 9.95. The predicted molar refractivity (Wildman–Crippen MR) is 136 cm³/mol. The van der Waals surface area contributed by atoms with Crippen LogP contribution in [-0.2, 0) is 0 Å². The molecule has 2 aromatic rings. The summed E-state index contributed by atoms with van der Waals surface area (Å²) in [6.45, 7) is 2.09. The van der Waals surface area contributed by atoms with Crippen molar-refractivity contribution in [3.63, 3.8) is 0 Å². The number of aliphatic imine (C=N–C) groups is 1. The molecule has 0 amide bonds. The molecule has 4 heterocycles. The van der Waals surface area contributed by atoms with Crippen LogP contribution in [0.5, 0.6) is 0 Å². The molecule has 0 atom stereocenters. The van der Waals surface area contributed by atoms with E-state index in [1.54, 1.807) is 9.52 Å². The molecule has 8 nitrogen and oxygen atoms in total. The van der Waals surface area contributed by atoms with Gasteiger partial charge in [-0.2, -0.15) is 14.7 Å². The zero-order chi connectivity index (χ0) is 22.5. The Hall–Kier alpha value is -3.20. The van der Waals surface area contributed by atoms with Gasteiger partial charge in [-0.15, -0.1) is 0 Å². The van der Waals surface area contributed by atoms with Gasteiger partial charge in [-0.05, 0) is 34.3 Å². The van der Waals surface area contributed by atoms with Crippen molar-refractivity contribution in [3.05, 3.63) is 58.3 Å². The third-order valence-corrected chi connectivity index (χ3v) is 5.90. The summed E-state index contributed by atoms with van der Waals surface area (Å²) in [6.07, 6.45) is 20.1. The monoisotopic (exact) mass is 494 g/mol. The maximum absolute atomic E-state index is 6.45. The van der Waals surface area contributed by atoms with Crippen LogP contribution in [0.15, 0.2) is 62.8 Å². The first-order chi connectivity index (χ1) is 15.5. The largest absolute Gasteiger partial charge is 0.383 e. The maximum atomic E-state index is 6.45. The zero-order valence-electron chi connectivity index (χ0n) is 18.3. The molecule has 0 saturated heterocycles. The Balaban J connectivity index is 1.70. The Morgan fingerprint density at radius 3 is 2.81 bits per heavy atom. The molecule has 166 valence electrons. The van der Waals surface area contributed by atoms with E-state index in [2.05, 4.69) is 72.5 Å². The number of halogens is 1. The number of rotatable bonds is 4. The summed E-state index contributed by atoms with van der Waals surface area (Å²) in [6, 6.07) is 0. The van der Waals surface area contributed by atoms with Crippen molar-refractivity contribution < 1.29 is 0 Å². The summed E-state index contributed by atoms with van der Waals surface area (Å²) in [7, 11) is 3.81. The van der Waals surface area contributed by atoms with Gasteiger partial charge in [0.2, 0.25) is 0 Å². The molecular weight excluding hydrogens is 468 g/mol. The molecule has 0 aliphatic carbocycles. The highest BCUT2D eigenvalue weighted by molar-refractivity contribution is 9.10. The number of hydrazone groups is 1. The minimum atomic E-state index is 0.517. The SMILES string of the molecule is CN(C)/N=C\C1=CCN(c2nc3c(/C4=C/C/C=C\C/C=C\CN=C4)cnn3c(N)c2Br)C1. The lowest BCUT2D eigenvalue weighted by molar-refractivity contribution is 0.440. The summed E-state index contributed by atoms with van der Waals surface area (Å²) < 4.78 is 2.41. The number of aromatic nitrogens is 3. The standard InChI is InChI=1S/C23H27BrN8/c1-30(2)27-13-17-10-12-31(16-17)23-20(24)21(25)32-22(29-23)19(15-28-32)18-9-7-5-3-4-6-8-11-26-14-18/h3,5-6,8-10,13-15H,4,7,11-12,16,25H2,1-2H3/b5-3-,8-6-,18-9+,26-14?,27-13-. The summed E-state index contributed by atoms with van der Waals surface area (Å²) in [5.41, 5.74) is 10.2. The first-order valence-electron chi connectivity index (χ1n) is 10.5. The second-order valence-electron chi connectivity index (χ2n) is 7.75. The van der Waals surface area contributed by atoms with Gasteiger partial charge in [-0.25, -0.2) is 4.98 Å². The first kappa shape index (κ1) is 22.0. The summed E-state index contributed by atoms with van der Waals surface area (Å²) in [4.78, 5) is 11.7. The van der Waals surface area contributed by atoms with Crippen LogP contribution in [0.1, 0.15) is 18.4 Å². The lowest BCUT2D eigenvalue weighted by Crippen LogP contribution is -2.23. The van der Waals surface area contributed by atoms with Crippen LogP contribution in [0.2, 0.25) is 0 Å². The average Bonchev–Trinajstić information content (AvgIpc) is 3.40. The van der Waals surface area contributed by atoms with Crippen molar-refractivity contribution in [1.82, 2.24) is 19.6 Å². The predicted octanol–water partition coefficient (Wildman–Crippen LogP) is 3.73. The minimum absolute atomic E-state index is 0.517. The van der Waals surface area contributed by atoms with Gasteiger partial charge in [0.1, 0.15) is 16.1 Å². The summed E-state index contributed by atoms with van der Waals surface area (Å²) in [5, 5.41) is 10.6. The molecule has 2 aromatic heterocycles. The highest BCUT2D eigenvalue weighted by Crippen LogP contribution is 2.34. The first-order valence-corrected chi connectivity index (χ1v) is 11.3. The van der Waals surface area contributed by atoms with Crippen molar-refractivity contribution >= 4 is 51.2 Å². The van der Waals surface area contributed by atoms with Crippen molar-refractivity contribution in [2.75, 3.05) is 44.4 Å². The van der Waals surface area contributed by atoms with Crippen LogP contribution in [0.4, 0.5) is 11.6 Å². The third kappa shape index (κ3) is 4.83. The molecule has 4 rings (SSSR count). The molecule has 0 bridgehead atoms. The molecule has 9 heteroatoms. The second-order valence-corrected chi connectivity index (χ2v) is 8.54. The Bertz CT molecular complexity index is 1170. The lowest BCUT2D eigenvalue weighted by atomic mass is 10.1. The molecule has 0 aromatic carbocycles. The fourth-order valence-corrected chi connectivity index (χ4v) is 4.01. The van der Waals surface area contributed by atoms with Gasteiger partial charge >= 0.3 is 0 Å². The summed E-state index contributed by atoms with van der Waals surface area (Å²) in [5.74, 6) is 1.31. The highest BCUT2D eigenvalue weighted by atomic mass is 79.9. The maximum Gasteiger partial charge on any atom is 0.167 e. The topological polar surface area (TPSA) is 87.4 Å². The fraction of sp³-hybridized carbons (Fsp3) is 0.304. The van der Waals surface area contributed by atoms with E-state index in [1.165, 1.54) is 0 Å². The van der Waals surface area contributed by atoms with E-state index >= 15 is 0 Å².